The second kappa shape index (κ2) is 9.03. The molecular weight excluding hydrogens is 406 g/mol. The summed E-state index contributed by atoms with van der Waals surface area (Å²) < 4.78 is 37.5. The number of aryl methyl sites for hydroxylation is 1. The molecule has 1 heterocycles. The Morgan fingerprint density at radius 3 is 2.23 bits per heavy atom. The van der Waals surface area contributed by atoms with Crippen molar-refractivity contribution < 1.29 is 22.7 Å². The number of hydrogen-bond acceptors (Lipinski definition) is 6. The number of amides is 1. The van der Waals surface area contributed by atoms with Crippen LogP contribution in [0.2, 0.25) is 0 Å². The topological polar surface area (TPSA) is 111 Å². The van der Waals surface area contributed by atoms with E-state index in [4.69, 9.17) is 15.2 Å². The lowest BCUT2D eigenvalue weighted by Gasteiger charge is -2.37. The van der Waals surface area contributed by atoms with Gasteiger partial charge in [-0.3, -0.25) is 11.1 Å². The Labute approximate surface area is 177 Å². The summed E-state index contributed by atoms with van der Waals surface area (Å²) in [6.45, 7) is 2.36. The van der Waals surface area contributed by atoms with E-state index in [0.29, 0.717) is 11.4 Å². The second-order valence-electron chi connectivity index (χ2n) is 7.21. The van der Waals surface area contributed by atoms with Crippen LogP contribution in [0.15, 0.2) is 53.4 Å². The molecule has 9 heteroatoms. The summed E-state index contributed by atoms with van der Waals surface area (Å²) in [5.41, 5.74) is 6.77. The standard InChI is InChI=1S/C21H27N3O5S/c1-3-16-4-6-17(7-5-16)23-20(25)29-21(22)12-14-24(15-13-21)30(26,27)19-10-8-18(28-2)9-11-19/h4-11H,3,12-15,22H2,1-2H3,(H,23,25). The summed E-state index contributed by atoms with van der Waals surface area (Å²) in [6.07, 6.45) is 0.648. The number of sulfonamides is 1. The van der Waals surface area contributed by atoms with Crippen molar-refractivity contribution in [2.45, 2.75) is 36.8 Å². The lowest BCUT2D eigenvalue weighted by molar-refractivity contribution is -0.0116. The smallest absolute Gasteiger partial charge is 0.413 e. The summed E-state index contributed by atoms with van der Waals surface area (Å²) in [4.78, 5) is 12.4. The third-order valence-electron chi connectivity index (χ3n) is 5.17. The van der Waals surface area contributed by atoms with Crippen LogP contribution in [0.25, 0.3) is 0 Å². The molecule has 162 valence electrons. The van der Waals surface area contributed by atoms with Crippen LogP contribution in [-0.2, 0) is 21.2 Å². The molecular formula is C21H27N3O5S. The minimum atomic E-state index is -3.65. The van der Waals surface area contributed by atoms with E-state index in [9.17, 15) is 13.2 Å². The average molecular weight is 434 g/mol. The SMILES string of the molecule is CCc1ccc(NC(=O)OC2(N)CCN(S(=O)(=O)c3ccc(OC)cc3)CC2)cc1. The largest absolute Gasteiger partial charge is 0.497 e. The van der Waals surface area contributed by atoms with E-state index in [-0.39, 0.29) is 30.8 Å². The zero-order chi connectivity index (χ0) is 21.8. The molecule has 2 aromatic carbocycles. The fourth-order valence-corrected chi connectivity index (χ4v) is 4.70. The van der Waals surface area contributed by atoms with Gasteiger partial charge in [-0.25, -0.2) is 13.2 Å². The number of benzene rings is 2. The lowest BCUT2D eigenvalue weighted by atomic mass is 10.0. The third-order valence-corrected chi connectivity index (χ3v) is 7.08. The van der Waals surface area contributed by atoms with Crippen LogP contribution < -0.4 is 15.8 Å². The quantitative estimate of drug-likeness (QED) is 0.678. The summed E-state index contributed by atoms with van der Waals surface area (Å²) in [7, 11) is -2.14. The number of nitrogens with one attached hydrogen (secondary N) is 1. The minimum Gasteiger partial charge on any atom is -0.497 e. The molecule has 2 aromatic rings. The molecule has 0 spiro atoms. The molecule has 0 unspecified atom stereocenters. The number of rotatable bonds is 6. The van der Waals surface area contributed by atoms with Crippen LogP contribution in [0.4, 0.5) is 10.5 Å². The van der Waals surface area contributed by atoms with Crippen molar-refractivity contribution in [3.05, 3.63) is 54.1 Å². The van der Waals surface area contributed by atoms with Gasteiger partial charge in [0.05, 0.1) is 12.0 Å². The first-order valence-corrected chi connectivity index (χ1v) is 11.2. The van der Waals surface area contributed by atoms with Crippen molar-refractivity contribution in [2.24, 2.45) is 5.73 Å². The van der Waals surface area contributed by atoms with Gasteiger partial charge >= 0.3 is 6.09 Å². The van der Waals surface area contributed by atoms with Gasteiger partial charge in [-0.1, -0.05) is 19.1 Å². The maximum absolute atomic E-state index is 12.8. The highest BCUT2D eigenvalue weighted by Crippen LogP contribution is 2.27. The van der Waals surface area contributed by atoms with Crippen LogP contribution in [-0.4, -0.2) is 44.7 Å². The van der Waals surface area contributed by atoms with Crippen molar-refractivity contribution in [3.8, 4) is 5.75 Å². The monoisotopic (exact) mass is 433 g/mol. The molecule has 0 bridgehead atoms. The van der Waals surface area contributed by atoms with E-state index in [0.717, 1.165) is 12.0 Å². The summed E-state index contributed by atoms with van der Waals surface area (Å²) >= 11 is 0. The summed E-state index contributed by atoms with van der Waals surface area (Å²) in [5.74, 6) is 0.581. The first kappa shape index (κ1) is 22.1. The third kappa shape index (κ3) is 5.10. The highest BCUT2D eigenvalue weighted by molar-refractivity contribution is 7.89. The van der Waals surface area contributed by atoms with Gasteiger partial charge in [0.1, 0.15) is 5.75 Å². The van der Waals surface area contributed by atoms with Crippen LogP contribution in [0, 0.1) is 0 Å². The molecule has 8 nitrogen and oxygen atoms in total. The fraction of sp³-hybridized carbons (Fsp3) is 0.381. The maximum Gasteiger partial charge on any atom is 0.413 e. The van der Waals surface area contributed by atoms with Gasteiger partial charge in [0.15, 0.2) is 5.72 Å². The molecule has 3 rings (SSSR count). The van der Waals surface area contributed by atoms with Crippen molar-refractivity contribution in [1.82, 2.24) is 4.31 Å². The van der Waals surface area contributed by atoms with Gasteiger partial charge in [-0.15, -0.1) is 0 Å². The molecule has 30 heavy (non-hydrogen) atoms. The zero-order valence-corrected chi connectivity index (χ0v) is 17.9. The molecule has 3 N–H and O–H groups in total. The van der Waals surface area contributed by atoms with Crippen molar-refractivity contribution in [1.29, 1.82) is 0 Å². The predicted molar refractivity (Wildman–Crippen MR) is 114 cm³/mol. The Hall–Kier alpha value is -2.62. The zero-order valence-electron chi connectivity index (χ0n) is 17.1. The van der Waals surface area contributed by atoms with E-state index >= 15 is 0 Å². The first-order valence-electron chi connectivity index (χ1n) is 9.78. The number of ether oxygens (including phenoxy) is 2. The molecule has 0 radical (unpaired) electrons. The van der Waals surface area contributed by atoms with Crippen molar-refractivity contribution >= 4 is 21.8 Å². The number of carbonyl (C=O) groups excluding carboxylic acids is 1. The Morgan fingerprint density at radius 2 is 1.70 bits per heavy atom. The van der Waals surface area contributed by atoms with Gasteiger partial charge in [-0.05, 0) is 48.4 Å². The van der Waals surface area contributed by atoms with E-state index in [1.807, 2.05) is 12.1 Å². The number of methoxy groups -OCH3 is 1. The molecule has 0 aromatic heterocycles. The van der Waals surface area contributed by atoms with E-state index in [2.05, 4.69) is 12.2 Å². The van der Waals surface area contributed by atoms with Crippen LogP contribution in [0.5, 0.6) is 5.75 Å². The first-order chi connectivity index (χ1) is 14.3. The number of piperidine rings is 1. The molecule has 1 aliphatic rings. The van der Waals surface area contributed by atoms with E-state index in [1.54, 1.807) is 24.3 Å². The maximum atomic E-state index is 12.8. The van der Waals surface area contributed by atoms with Crippen molar-refractivity contribution in [2.75, 3.05) is 25.5 Å². The molecule has 1 amide bonds. The molecule has 1 fully saturated rings. The van der Waals surface area contributed by atoms with Crippen LogP contribution in [0.1, 0.15) is 25.3 Å². The van der Waals surface area contributed by atoms with Gasteiger partial charge < -0.3 is 9.47 Å². The molecule has 0 atom stereocenters. The average Bonchev–Trinajstić information content (AvgIpc) is 2.74. The van der Waals surface area contributed by atoms with E-state index < -0.39 is 21.8 Å². The highest BCUT2D eigenvalue weighted by Gasteiger charge is 2.38. The van der Waals surface area contributed by atoms with Crippen LogP contribution >= 0.6 is 0 Å². The van der Waals surface area contributed by atoms with Gasteiger partial charge in [-0.2, -0.15) is 4.31 Å². The molecule has 0 saturated carbocycles. The molecule has 0 aliphatic carbocycles. The van der Waals surface area contributed by atoms with E-state index in [1.165, 1.54) is 23.5 Å². The number of nitrogens with zero attached hydrogens (tertiary/aromatic N) is 1. The molecule has 1 saturated heterocycles. The Balaban J connectivity index is 1.58. The van der Waals surface area contributed by atoms with Gasteiger partial charge in [0, 0.05) is 31.6 Å². The number of hydrogen-bond donors (Lipinski definition) is 2. The Kier molecular flexibility index (Phi) is 6.64. The molecule has 1 aliphatic heterocycles. The predicted octanol–water partition coefficient (Wildman–Crippen LogP) is 2.95. The van der Waals surface area contributed by atoms with Gasteiger partial charge in [0.25, 0.3) is 0 Å². The normalized spacial score (nSPS) is 16.6. The number of nitrogens with two attached hydrogens (primary N) is 1. The fourth-order valence-electron chi connectivity index (χ4n) is 3.26. The summed E-state index contributed by atoms with van der Waals surface area (Å²) in [5, 5.41) is 2.66. The second-order valence-corrected chi connectivity index (χ2v) is 9.15. The number of anilines is 1. The van der Waals surface area contributed by atoms with Crippen LogP contribution in [0.3, 0.4) is 0 Å². The number of carbonyl (C=O) groups is 1. The Bertz CT molecular complexity index is 967. The lowest BCUT2D eigenvalue weighted by Crippen LogP contribution is -2.54. The Morgan fingerprint density at radius 1 is 1.10 bits per heavy atom. The minimum absolute atomic E-state index is 0.156. The summed E-state index contributed by atoms with van der Waals surface area (Å²) in [6, 6.07) is 13.7. The highest BCUT2D eigenvalue weighted by atomic mass is 32.2. The van der Waals surface area contributed by atoms with Crippen molar-refractivity contribution in [3.63, 3.8) is 0 Å². The van der Waals surface area contributed by atoms with Gasteiger partial charge in [0.2, 0.25) is 10.0 Å².